The van der Waals surface area contributed by atoms with Gasteiger partial charge in [-0.1, -0.05) is 38.1 Å². The van der Waals surface area contributed by atoms with Crippen LogP contribution in [0.25, 0.3) is 10.8 Å². The number of hydrogen-bond donors (Lipinski definition) is 3. The molecule has 0 spiro atoms. The number of aromatic nitrogens is 2. The summed E-state index contributed by atoms with van der Waals surface area (Å²) in [6, 6.07) is 3.07. The van der Waals surface area contributed by atoms with E-state index in [0.29, 0.717) is 44.9 Å². The number of carbonyl (C=O) groups excluding carboxylic acids is 3. The van der Waals surface area contributed by atoms with Crippen LogP contribution in [0, 0.1) is 17.8 Å². The van der Waals surface area contributed by atoms with Gasteiger partial charge in [0.2, 0.25) is 27.7 Å². The second-order valence-electron chi connectivity index (χ2n) is 16.4. The lowest BCUT2D eigenvalue weighted by molar-refractivity contribution is -0.222. The van der Waals surface area contributed by atoms with Crippen molar-refractivity contribution in [1.29, 1.82) is 0 Å². The Morgan fingerprint density at radius 2 is 1.75 bits per heavy atom. The number of alkyl halides is 3. The summed E-state index contributed by atoms with van der Waals surface area (Å²) in [6.07, 6.45) is -3.02. The number of ether oxygens (including phenoxy) is 1. The number of sulfonamides is 1. The van der Waals surface area contributed by atoms with Crippen LogP contribution in [0.5, 0.6) is 5.88 Å². The number of aryl methyl sites for hydroxylation is 1. The minimum absolute atomic E-state index is 0.00900. The molecule has 57 heavy (non-hydrogen) atoms. The first-order valence-corrected chi connectivity index (χ1v) is 20.8. The molecule has 6 rings (SSSR count). The highest BCUT2D eigenvalue weighted by atomic mass is 32.2. The van der Waals surface area contributed by atoms with Gasteiger partial charge in [-0.2, -0.15) is 13.2 Å². The van der Waals surface area contributed by atoms with Crippen LogP contribution in [0.2, 0.25) is 0 Å². The van der Waals surface area contributed by atoms with E-state index in [2.05, 4.69) is 15.1 Å². The van der Waals surface area contributed by atoms with Gasteiger partial charge in [0, 0.05) is 18.9 Å². The topological polar surface area (TPSA) is 197 Å². The lowest BCUT2D eigenvalue weighted by Crippen LogP contribution is -2.66. The molecule has 0 unspecified atom stereocenters. The molecule has 15 nitrogen and oxygen atoms in total. The van der Waals surface area contributed by atoms with Crippen LogP contribution in [-0.2, 0) is 31.0 Å². The number of amides is 4. The molecule has 1 aromatic carbocycles. The summed E-state index contributed by atoms with van der Waals surface area (Å²) >= 11 is 0. The molecule has 2 aliphatic heterocycles. The van der Waals surface area contributed by atoms with E-state index in [4.69, 9.17) is 4.74 Å². The highest BCUT2D eigenvalue weighted by Crippen LogP contribution is 2.47. The van der Waals surface area contributed by atoms with E-state index in [1.807, 2.05) is 6.92 Å². The van der Waals surface area contributed by atoms with Crippen molar-refractivity contribution in [3.63, 3.8) is 0 Å². The molecule has 2 saturated carbocycles. The molecule has 4 aliphatic rings. The molecular formula is C38H49F3N6O9S. The van der Waals surface area contributed by atoms with E-state index in [-0.39, 0.29) is 53.5 Å². The average molecular weight is 823 g/mol. The maximum Gasteiger partial charge on any atom is 0.411 e. The minimum Gasteiger partial charge on any atom is -0.471 e. The number of fused-ring (bicyclic) bond motifs is 3. The predicted molar refractivity (Wildman–Crippen MR) is 200 cm³/mol. The average Bonchev–Trinajstić information content (AvgIpc) is 4.06. The zero-order chi connectivity index (χ0) is 41.8. The number of carboxylic acid groups (broad SMARTS) is 1. The third-order valence-electron chi connectivity index (χ3n) is 11.8. The van der Waals surface area contributed by atoms with Crippen molar-refractivity contribution in [2.45, 2.75) is 127 Å². The van der Waals surface area contributed by atoms with Crippen molar-refractivity contribution >= 4 is 44.6 Å². The van der Waals surface area contributed by atoms with E-state index in [1.165, 1.54) is 11.6 Å². The Hall–Kier alpha value is -4.68. The Morgan fingerprint density at radius 3 is 2.37 bits per heavy atom. The fraction of sp³-hybridized carbons (Fsp3) is 0.632. The summed E-state index contributed by atoms with van der Waals surface area (Å²) in [5.74, 6) is -4.73. The quantitative estimate of drug-likeness (QED) is 0.328. The number of hydrogen-bond acceptors (Lipinski definition) is 9. The molecule has 3 N–H and O–H groups in total. The van der Waals surface area contributed by atoms with E-state index in [0.717, 1.165) is 4.90 Å². The van der Waals surface area contributed by atoms with E-state index in [1.54, 1.807) is 43.3 Å². The van der Waals surface area contributed by atoms with Crippen LogP contribution in [0.4, 0.5) is 18.0 Å². The Kier molecular flexibility index (Phi) is 11.2. The summed E-state index contributed by atoms with van der Waals surface area (Å²) in [4.78, 5) is 70.3. The Balaban J connectivity index is 1.44. The van der Waals surface area contributed by atoms with Gasteiger partial charge >= 0.3 is 12.3 Å². The van der Waals surface area contributed by atoms with E-state index < -0.39 is 92.9 Å². The highest BCUT2D eigenvalue weighted by Gasteiger charge is 2.63. The van der Waals surface area contributed by atoms with Crippen LogP contribution in [0.1, 0.15) is 79.6 Å². The first kappa shape index (κ1) is 41.9. The smallest absolute Gasteiger partial charge is 0.411 e. The molecule has 1 aromatic heterocycles. The van der Waals surface area contributed by atoms with Gasteiger partial charge in [0.05, 0.1) is 22.6 Å². The number of carbonyl (C=O) groups is 4. The number of allylic oxidation sites excluding steroid dienone is 1. The monoisotopic (exact) mass is 822 g/mol. The van der Waals surface area contributed by atoms with Crippen LogP contribution >= 0.6 is 0 Å². The van der Waals surface area contributed by atoms with Gasteiger partial charge < -0.3 is 20.1 Å². The largest absolute Gasteiger partial charge is 0.471 e. The molecule has 3 fully saturated rings. The van der Waals surface area contributed by atoms with Gasteiger partial charge in [0.1, 0.15) is 29.3 Å². The van der Waals surface area contributed by atoms with E-state index >= 15 is 0 Å². The zero-order valence-corrected chi connectivity index (χ0v) is 33.2. The minimum atomic E-state index is -5.11. The summed E-state index contributed by atoms with van der Waals surface area (Å²) in [7, 11) is -4.04. The van der Waals surface area contributed by atoms with Crippen LogP contribution < -0.4 is 20.3 Å². The summed E-state index contributed by atoms with van der Waals surface area (Å²) in [6.45, 7) is 6.16. The van der Waals surface area contributed by atoms with Crippen molar-refractivity contribution < 1.29 is 50.6 Å². The second kappa shape index (κ2) is 15.2. The fourth-order valence-corrected chi connectivity index (χ4v) is 9.51. The standard InChI is InChI=1S/C38H49F3N6O9S/c1-6-46-32(49)27-14-10-9-13-26(27)31(43-46)56-24-18-28-30(48)42-37(34(51)44-57(54,55)25-15-16-25)19-23(37)12-8-7-11-21(2)17-22(3)29(33(50)45(28)20-24)47(35(52)53)36(4,5)38(39,40)41/h8-10,12-14,21-25,28-29H,6-7,11,15-20H2,1-5H3,(H,42,48)(H,44,51)(H,52,53)/b12-8-/t21-,22-,23-,24-,28+,29+,37-/m1/s1. The van der Waals surface area contributed by atoms with Crippen LogP contribution in [0.15, 0.2) is 41.2 Å². The lowest BCUT2D eigenvalue weighted by Gasteiger charge is -2.45. The fourth-order valence-electron chi connectivity index (χ4n) is 8.15. The Morgan fingerprint density at radius 1 is 1.09 bits per heavy atom. The van der Waals surface area contributed by atoms with Gasteiger partial charge in [-0.3, -0.25) is 28.8 Å². The number of halogens is 3. The summed E-state index contributed by atoms with van der Waals surface area (Å²) in [5.41, 5.74) is -5.16. The second-order valence-corrected chi connectivity index (χ2v) is 18.3. The first-order valence-electron chi connectivity index (χ1n) is 19.2. The molecule has 1 saturated heterocycles. The third-order valence-corrected chi connectivity index (χ3v) is 13.6. The molecule has 19 heteroatoms. The third kappa shape index (κ3) is 8.08. The lowest BCUT2D eigenvalue weighted by atomic mass is 9.85. The Labute approximate surface area is 328 Å². The number of nitrogens with one attached hydrogen (secondary N) is 2. The number of nitrogens with zero attached hydrogens (tertiary/aromatic N) is 4. The van der Waals surface area contributed by atoms with Crippen LogP contribution in [-0.4, -0.2) is 104 Å². The summed E-state index contributed by atoms with van der Waals surface area (Å²) < 4.78 is 79.4. The molecule has 0 radical (unpaired) electrons. The molecule has 7 atom stereocenters. The van der Waals surface area contributed by atoms with Gasteiger partial charge in [0.15, 0.2) is 0 Å². The Bertz CT molecular complexity index is 2140. The molecule has 2 aromatic rings. The molecular weight excluding hydrogens is 774 g/mol. The molecule has 2 aliphatic carbocycles. The normalized spacial score (nSPS) is 29.3. The predicted octanol–water partition coefficient (Wildman–Crippen LogP) is 3.95. The SMILES string of the molecule is CCn1nc(O[C@@H]2C[C@H]3C(=O)N[C@]4(C(=O)NS(=O)(=O)C5CC5)C[C@H]4/C=C\CC[C@@H](C)C[C@@H](C)[C@H](N(C(=O)O)C(C)(C)C(F)(F)F)C(=O)N3C2)c2ccccc2c1=O. The van der Waals surface area contributed by atoms with Crippen molar-refractivity contribution in [3.8, 4) is 5.88 Å². The van der Waals surface area contributed by atoms with Crippen molar-refractivity contribution in [2.24, 2.45) is 17.8 Å². The van der Waals surface area contributed by atoms with Crippen molar-refractivity contribution in [3.05, 3.63) is 46.8 Å². The molecule has 4 amide bonds. The molecule has 3 heterocycles. The van der Waals surface area contributed by atoms with Gasteiger partial charge in [-0.15, -0.1) is 5.10 Å². The maximum absolute atomic E-state index is 15.0. The van der Waals surface area contributed by atoms with Gasteiger partial charge in [-0.05, 0) is 83.3 Å². The summed E-state index contributed by atoms with van der Waals surface area (Å²) in [5, 5.41) is 17.4. The van der Waals surface area contributed by atoms with Gasteiger partial charge in [0.25, 0.3) is 11.5 Å². The molecule has 312 valence electrons. The maximum atomic E-state index is 15.0. The first-order chi connectivity index (χ1) is 26.6. The number of rotatable bonds is 8. The van der Waals surface area contributed by atoms with Crippen molar-refractivity contribution in [2.75, 3.05) is 6.54 Å². The molecule has 0 bridgehead atoms. The van der Waals surface area contributed by atoms with Crippen molar-refractivity contribution in [1.82, 2.24) is 29.6 Å². The van der Waals surface area contributed by atoms with Gasteiger partial charge in [-0.25, -0.2) is 17.9 Å². The van der Waals surface area contributed by atoms with E-state index in [9.17, 15) is 50.7 Å². The zero-order valence-electron chi connectivity index (χ0n) is 32.4. The highest BCUT2D eigenvalue weighted by molar-refractivity contribution is 7.91. The van der Waals surface area contributed by atoms with Crippen LogP contribution in [0.3, 0.4) is 0 Å². The number of benzene rings is 1.